The molecule has 0 aliphatic carbocycles. The monoisotopic (exact) mass is 588 g/mol. The van der Waals surface area contributed by atoms with Gasteiger partial charge in [-0.15, -0.1) is 0 Å². The molecule has 44 heavy (non-hydrogen) atoms. The Morgan fingerprint density at radius 2 is 1.70 bits per heavy atom. The maximum Gasteiger partial charge on any atom is 0.259 e. The van der Waals surface area contributed by atoms with E-state index in [0.717, 1.165) is 40.5 Å². The highest BCUT2D eigenvalue weighted by molar-refractivity contribution is 6.27. The number of nitrogens with one attached hydrogen (secondary N) is 1. The minimum Gasteiger partial charge on any atom is -0.490 e. The number of amides is 3. The van der Waals surface area contributed by atoms with Crippen LogP contribution in [0.1, 0.15) is 47.2 Å². The summed E-state index contributed by atoms with van der Waals surface area (Å²) in [5.74, 6) is -0.547. The Morgan fingerprint density at radius 3 is 2.43 bits per heavy atom. The van der Waals surface area contributed by atoms with Crippen molar-refractivity contribution in [2.24, 2.45) is 0 Å². The number of hydrogen-bond donors (Lipinski definition) is 1. The van der Waals surface area contributed by atoms with E-state index in [-0.39, 0.29) is 30.2 Å². The van der Waals surface area contributed by atoms with Crippen molar-refractivity contribution in [2.45, 2.75) is 44.2 Å². The van der Waals surface area contributed by atoms with Crippen LogP contribution in [0.5, 0.6) is 5.75 Å². The fraction of sp³-hybridized carbons (Fsp3) is 0.257. The van der Waals surface area contributed by atoms with Gasteiger partial charge in [0.25, 0.3) is 5.91 Å². The van der Waals surface area contributed by atoms with E-state index >= 15 is 0 Å². The van der Waals surface area contributed by atoms with E-state index in [9.17, 15) is 18.8 Å². The highest BCUT2D eigenvalue weighted by atomic mass is 19.1. The molecular weight excluding hydrogens is 559 g/mol. The molecule has 0 spiro atoms. The van der Waals surface area contributed by atoms with Gasteiger partial charge in [-0.05, 0) is 65.8 Å². The topological polar surface area (TPSA) is 83.3 Å². The fourth-order valence-corrected chi connectivity index (χ4v) is 6.59. The Balaban J connectivity index is 1.03. The average Bonchev–Trinajstić information content (AvgIpc) is 3.32. The van der Waals surface area contributed by atoms with E-state index in [1.54, 1.807) is 23.1 Å². The second-order valence-corrected chi connectivity index (χ2v) is 11.5. The van der Waals surface area contributed by atoms with Crippen LogP contribution in [0.25, 0.3) is 15.6 Å². The van der Waals surface area contributed by atoms with Gasteiger partial charge in [-0.2, -0.15) is 0 Å². The molecule has 8 nitrogen and oxygen atoms in total. The molecule has 3 aliphatic rings. The third-order valence-electron chi connectivity index (χ3n) is 8.80. The Kier molecular flexibility index (Phi) is 6.97. The minimum atomic E-state index is -0.709. The first-order valence-electron chi connectivity index (χ1n) is 14.8. The van der Waals surface area contributed by atoms with Gasteiger partial charge in [0.2, 0.25) is 11.8 Å². The lowest BCUT2D eigenvalue weighted by molar-refractivity contribution is -0.134. The van der Waals surface area contributed by atoms with Gasteiger partial charge in [0.05, 0.1) is 17.9 Å². The molecule has 9 heteroatoms. The van der Waals surface area contributed by atoms with Gasteiger partial charge in [0.15, 0.2) is 5.69 Å². The molecule has 7 rings (SSSR count). The van der Waals surface area contributed by atoms with Gasteiger partial charge >= 0.3 is 0 Å². The fourth-order valence-electron chi connectivity index (χ4n) is 6.59. The van der Waals surface area contributed by atoms with Gasteiger partial charge < -0.3 is 9.64 Å². The summed E-state index contributed by atoms with van der Waals surface area (Å²) in [6, 6.07) is 21.5. The lowest BCUT2D eigenvalue weighted by atomic mass is 9.96. The first-order valence-corrected chi connectivity index (χ1v) is 14.8. The highest BCUT2D eigenvalue weighted by Crippen LogP contribution is 2.41. The van der Waals surface area contributed by atoms with Gasteiger partial charge in [0.1, 0.15) is 23.7 Å². The second-order valence-electron chi connectivity index (χ2n) is 11.5. The number of rotatable bonds is 6. The van der Waals surface area contributed by atoms with Crippen molar-refractivity contribution in [3.05, 3.63) is 107 Å². The molecule has 2 fully saturated rings. The molecule has 1 atom stereocenters. The van der Waals surface area contributed by atoms with Gasteiger partial charge in [-0.3, -0.25) is 24.6 Å². The molecular formula is C35H29FN4O4. The molecule has 4 aromatic rings. The Hall–Kier alpha value is -5.23. The summed E-state index contributed by atoms with van der Waals surface area (Å²) < 4.78 is 20.7. The summed E-state index contributed by atoms with van der Waals surface area (Å²) in [5, 5.41) is 4.18. The summed E-state index contributed by atoms with van der Waals surface area (Å²) >= 11 is 0. The third kappa shape index (κ3) is 4.92. The lowest BCUT2D eigenvalue weighted by Crippen LogP contribution is -2.53. The number of halogens is 1. The number of benzene rings is 4. The van der Waals surface area contributed by atoms with Crippen LogP contribution in [-0.4, -0.2) is 43.0 Å². The molecule has 4 aromatic carbocycles. The first-order chi connectivity index (χ1) is 21.4. The SMILES string of the molecule is [C-]#[N+]c1ccc(N2CCC(Oc3ccc(Cc4ccc5c6c(cccc46)C(=O)N5C4CCC(=O)NC4=O)cc3)CC2)c(F)c1. The number of ether oxygens (including phenoxy) is 1. The van der Waals surface area contributed by atoms with Crippen molar-refractivity contribution in [1.82, 2.24) is 5.32 Å². The van der Waals surface area contributed by atoms with Crippen LogP contribution in [0.2, 0.25) is 0 Å². The molecule has 0 radical (unpaired) electrons. The van der Waals surface area contributed by atoms with Crippen LogP contribution in [-0.2, 0) is 16.0 Å². The molecule has 3 amide bonds. The van der Waals surface area contributed by atoms with Crippen LogP contribution in [0.4, 0.5) is 21.5 Å². The van der Waals surface area contributed by atoms with Crippen LogP contribution in [0.15, 0.2) is 72.8 Å². The largest absolute Gasteiger partial charge is 0.490 e. The van der Waals surface area contributed by atoms with Crippen LogP contribution < -0.4 is 19.9 Å². The number of carbonyl (C=O) groups is 3. The number of anilines is 2. The van der Waals surface area contributed by atoms with E-state index in [2.05, 4.69) is 10.2 Å². The third-order valence-corrected chi connectivity index (χ3v) is 8.80. The van der Waals surface area contributed by atoms with Crippen molar-refractivity contribution < 1.29 is 23.5 Å². The first kappa shape index (κ1) is 27.6. The van der Waals surface area contributed by atoms with E-state index in [0.29, 0.717) is 48.6 Å². The van der Waals surface area contributed by atoms with Gasteiger partial charge in [-0.1, -0.05) is 36.4 Å². The summed E-state index contributed by atoms with van der Waals surface area (Å²) in [5.41, 5.74) is 4.27. The normalized spacial score (nSPS) is 18.5. The van der Waals surface area contributed by atoms with Crippen LogP contribution in [0.3, 0.4) is 0 Å². The van der Waals surface area contributed by atoms with E-state index in [4.69, 9.17) is 11.3 Å². The summed E-state index contributed by atoms with van der Waals surface area (Å²) in [6.45, 7) is 8.40. The number of imide groups is 1. The zero-order valence-corrected chi connectivity index (χ0v) is 23.9. The molecule has 1 unspecified atom stereocenters. The molecule has 3 heterocycles. The van der Waals surface area contributed by atoms with Gasteiger partial charge in [0, 0.05) is 43.3 Å². The maximum atomic E-state index is 14.5. The Labute approximate surface area is 253 Å². The molecule has 220 valence electrons. The molecule has 0 bridgehead atoms. The standard InChI is InChI=1S/C35H29FN4O4/c1-37-23-8-12-29(28(36)20-23)39-17-15-25(16-18-39)44-24-9-5-21(6-10-24)19-22-7-11-30-33-26(22)3-2-4-27(33)35(43)40(30)31-13-14-32(41)38-34(31)42/h2-12,20,25,31H,13-19H2,(H,38,41,42). The Morgan fingerprint density at radius 1 is 0.932 bits per heavy atom. The summed E-state index contributed by atoms with van der Waals surface area (Å²) in [4.78, 5) is 44.6. The minimum absolute atomic E-state index is 0.0315. The molecule has 2 saturated heterocycles. The molecule has 1 N–H and O–H groups in total. The zero-order valence-electron chi connectivity index (χ0n) is 23.9. The molecule has 0 saturated carbocycles. The number of hydrogen-bond acceptors (Lipinski definition) is 5. The van der Waals surface area contributed by atoms with E-state index < -0.39 is 11.9 Å². The van der Waals surface area contributed by atoms with Crippen molar-refractivity contribution >= 4 is 45.6 Å². The van der Waals surface area contributed by atoms with E-state index in [1.807, 2.05) is 53.4 Å². The average molecular weight is 589 g/mol. The quantitative estimate of drug-likeness (QED) is 0.223. The van der Waals surface area contributed by atoms with Crippen molar-refractivity contribution in [2.75, 3.05) is 22.9 Å². The number of piperidine rings is 2. The summed E-state index contributed by atoms with van der Waals surface area (Å²) in [6.07, 6.45) is 2.73. The predicted molar refractivity (Wildman–Crippen MR) is 165 cm³/mol. The maximum absolute atomic E-state index is 14.5. The summed E-state index contributed by atoms with van der Waals surface area (Å²) in [7, 11) is 0. The number of nitrogens with zero attached hydrogens (tertiary/aromatic N) is 3. The Bertz CT molecular complexity index is 1860. The van der Waals surface area contributed by atoms with E-state index in [1.165, 1.54) is 6.07 Å². The van der Waals surface area contributed by atoms with Crippen LogP contribution >= 0.6 is 0 Å². The van der Waals surface area contributed by atoms with Crippen molar-refractivity contribution in [1.29, 1.82) is 0 Å². The zero-order chi connectivity index (χ0) is 30.4. The highest BCUT2D eigenvalue weighted by Gasteiger charge is 2.40. The smallest absolute Gasteiger partial charge is 0.259 e. The van der Waals surface area contributed by atoms with Gasteiger partial charge in [-0.25, -0.2) is 9.24 Å². The molecule has 0 aromatic heterocycles. The van der Waals surface area contributed by atoms with Crippen molar-refractivity contribution in [3.63, 3.8) is 0 Å². The van der Waals surface area contributed by atoms with Crippen LogP contribution in [0, 0.1) is 12.4 Å². The molecule has 3 aliphatic heterocycles. The number of carbonyl (C=O) groups excluding carboxylic acids is 3. The second kappa shape index (κ2) is 11.1. The predicted octanol–water partition coefficient (Wildman–Crippen LogP) is 5.93. The van der Waals surface area contributed by atoms with Crippen molar-refractivity contribution in [3.8, 4) is 5.75 Å². The lowest BCUT2D eigenvalue weighted by Gasteiger charge is -2.34.